The van der Waals surface area contributed by atoms with Gasteiger partial charge in [-0.2, -0.15) is 0 Å². The zero-order valence-corrected chi connectivity index (χ0v) is 15.2. The van der Waals surface area contributed by atoms with Crippen LogP contribution in [0.5, 0.6) is 11.5 Å². The molecule has 0 aromatic heterocycles. The Bertz CT molecular complexity index is 623. The molecule has 0 saturated carbocycles. The van der Waals surface area contributed by atoms with Crippen molar-refractivity contribution in [1.82, 2.24) is 9.80 Å². The number of carbonyl (C=O) groups is 1. The van der Waals surface area contributed by atoms with Crippen LogP contribution in [-0.4, -0.2) is 62.1 Å². The lowest BCUT2D eigenvalue weighted by Crippen LogP contribution is -2.41. The number of amides is 1. The summed E-state index contributed by atoms with van der Waals surface area (Å²) >= 11 is 0. The highest BCUT2D eigenvalue weighted by Gasteiger charge is 2.29. The van der Waals surface area contributed by atoms with E-state index in [9.17, 15) is 4.79 Å². The van der Waals surface area contributed by atoms with E-state index in [1.54, 1.807) is 20.3 Å². The van der Waals surface area contributed by atoms with E-state index in [-0.39, 0.29) is 5.91 Å². The Balaban J connectivity index is 1.65. The summed E-state index contributed by atoms with van der Waals surface area (Å²) in [7, 11) is 3.25. The molecule has 0 bridgehead atoms. The van der Waals surface area contributed by atoms with Gasteiger partial charge in [0.15, 0.2) is 0 Å². The fraction of sp³-hybridized carbons (Fsp3) is 0.550. The average Bonchev–Trinajstić information content (AvgIpc) is 3.32. The van der Waals surface area contributed by atoms with Crippen LogP contribution < -0.4 is 9.47 Å². The number of hydrogen-bond acceptors (Lipinski definition) is 4. The first-order valence-corrected chi connectivity index (χ1v) is 9.14. The molecule has 1 aromatic rings. The van der Waals surface area contributed by atoms with Crippen LogP contribution in [0.2, 0.25) is 0 Å². The predicted octanol–water partition coefficient (Wildman–Crippen LogP) is 2.80. The molecule has 2 aliphatic heterocycles. The van der Waals surface area contributed by atoms with E-state index in [0.29, 0.717) is 11.8 Å². The topological polar surface area (TPSA) is 42.0 Å². The van der Waals surface area contributed by atoms with Gasteiger partial charge in [-0.1, -0.05) is 0 Å². The molecule has 136 valence electrons. The average molecular weight is 344 g/mol. The summed E-state index contributed by atoms with van der Waals surface area (Å²) in [5.74, 6) is 1.54. The molecule has 3 rings (SSSR count). The van der Waals surface area contributed by atoms with E-state index in [1.807, 2.05) is 29.2 Å². The van der Waals surface area contributed by atoms with Crippen molar-refractivity contribution in [2.24, 2.45) is 0 Å². The van der Waals surface area contributed by atoms with Gasteiger partial charge in [0.25, 0.3) is 0 Å². The first kappa shape index (κ1) is 17.8. The van der Waals surface area contributed by atoms with E-state index in [4.69, 9.17) is 9.47 Å². The molecular weight excluding hydrogens is 316 g/mol. The van der Waals surface area contributed by atoms with Crippen LogP contribution in [-0.2, 0) is 4.79 Å². The fourth-order valence-electron chi connectivity index (χ4n) is 3.79. The van der Waals surface area contributed by atoms with E-state index in [2.05, 4.69) is 4.90 Å². The second-order valence-electron chi connectivity index (χ2n) is 6.78. The Labute approximate surface area is 150 Å². The van der Waals surface area contributed by atoms with Crippen molar-refractivity contribution in [3.63, 3.8) is 0 Å². The van der Waals surface area contributed by atoms with Crippen LogP contribution in [0.3, 0.4) is 0 Å². The molecule has 1 unspecified atom stereocenters. The van der Waals surface area contributed by atoms with Crippen LogP contribution in [0, 0.1) is 0 Å². The third kappa shape index (κ3) is 4.34. The molecule has 1 amide bonds. The summed E-state index contributed by atoms with van der Waals surface area (Å²) < 4.78 is 10.6. The first-order valence-electron chi connectivity index (χ1n) is 9.14. The van der Waals surface area contributed by atoms with E-state index in [0.717, 1.165) is 37.2 Å². The number of nitrogens with zero attached hydrogens (tertiary/aromatic N) is 2. The molecule has 25 heavy (non-hydrogen) atoms. The fourth-order valence-corrected chi connectivity index (χ4v) is 3.79. The summed E-state index contributed by atoms with van der Waals surface area (Å²) in [6, 6.07) is 5.97. The molecule has 5 nitrogen and oxygen atoms in total. The normalized spacial score (nSPS) is 21.2. The van der Waals surface area contributed by atoms with Gasteiger partial charge >= 0.3 is 0 Å². The number of ether oxygens (including phenoxy) is 2. The second-order valence-corrected chi connectivity index (χ2v) is 6.78. The lowest BCUT2D eigenvalue weighted by Gasteiger charge is -2.27. The maximum Gasteiger partial charge on any atom is 0.246 e. The molecule has 0 radical (unpaired) electrons. The maximum atomic E-state index is 12.7. The van der Waals surface area contributed by atoms with Gasteiger partial charge < -0.3 is 19.3 Å². The molecule has 2 heterocycles. The van der Waals surface area contributed by atoms with Gasteiger partial charge in [0, 0.05) is 36.8 Å². The van der Waals surface area contributed by atoms with E-state index >= 15 is 0 Å². The van der Waals surface area contributed by atoms with E-state index in [1.165, 1.54) is 25.9 Å². The number of hydrogen-bond donors (Lipinski definition) is 0. The molecule has 2 fully saturated rings. The summed E-state index contributed by atoms with van der Waals surface area (Å²) in [6.45, 7) is 4.24. The van der Waals surface area contributed by atoms with Crippen molar-refractivity contribution in [2.75, 3.05) is 40.4 Å². The minimum atomic E-state index is 0.0968. The Morgan fingerprint density at radius 2 is 1.96 bits per heavy atom. The summed E-state index contributed by atoms with van der Waals surface area (Å²) in [6.07, 6.45) is 8.31. The number of methoxy groups -OCH3 is 2. The van der Waals surface area contributed by atoms with Crippen LogP contribution >= 0.6 is 0 Å². The van der Waals surface area contributed by atoms with Crippen molar-refractivity contribution >= 4 is 12.0 Å². The van der Waals surface area contributed by atoms with Crippen molar-refractivity contribution in [3.8, 4) is 11.5 Å². The predicted molar refractivity (Wildman–Crippen MR) is 99.0 cm³/mol. The van der Waals surface area contributed by atoms with Gasteiger partial charge in [-0.3, -0.25) is 4.79 Å². The highest BCUT2D eigenvalue weighted by molar-refractivity contribution is 5.92. The highest BCUT2D eigenvalue weighted by atomic mass is 16.5. The number of carbonyl (C=O) groups excluding carboxylic acids is 1. The minimum absolute atomic E-state index is 0.0968. The van der Waals surface area contributed by atoms with Crippen molar-refractivity contribution < 1.29 is 14.3 Å². The van der Waals surface area contributed by atoms with Crippen LogP contribution in [0.4, 0.5) is 0 Å². The number of likely N-dealkylation sites (tertiary alicyclic amines) is 2. The third-order valence-corrected chi connectivity index (χ3v) is 5.17. The molecule has 2 saturated heterocycles. The Hall–Kier alpha value is -2.01. The zero-order chi connectivity index (χ0) is 17.6. The quantitative estimate of drug-likeness (QED) is 0.744. The summed E-state index contributed by atoms with van der Waals surface area (Å²) in [5.41, 5.74) is 0.881. The minimum Gasteiger partial charge on any atom is -0.497 e. The second kappa shape index (κ2) is 8.39. The van der Waals surface area contributed by atoms with Gasteiger partial charge in [-0.25, -0.2) is 0 Å². The Morgan fingerprint density at radius 1 is 1.16 bits per heavy atom. The Morgan fingerprint density at radius 3 is 2.68 bits per heavy atom. The summed E-state index contributed by atoms with van der Waals surface area (Å²) in [5, 5.41) is 0. The van der Waals surface area contributed by atoms with Gasteiger partial charge in [-0.05, 0) is 57.0 Å². The van der Waals surface area contributed by atoms with Crippen LogP contribution in [0.15, 0.2) is 24.3 Å². The lowest BCUT2D eigenvalue weighted by atomic mass is 10.1. The van der Waals surface area contributed by atoms with Crippen molar-refractivity contribution in [3.05, 3.63) is 29.8 Å². The van der Waals surface area contributed by atoms with Gasteiger partial charge in [0.05, 0.1) is 14.2 Å². The van der Waals surface area contributed by atoms with Gasteiger partial charge in [0.2, 0.25) is 5.91 Å². The molecule has 0 spiro atoms. The largest absolute Gasteiger partial charge is 0.497 e. The molecule has 0 N–H and O–H groups in total. The molecule has 5 heteroatoms. The zero-order valence-electron chi connectivity index (χ0n) is 15.2. The first-order chi connectivity index (χ1) is 12.2. The molecule has 0 aliphatic carbocycles. The van der Waals surface area contributed by atoms with Gasteiger partial charge in [0.1, 0.15) is 11.5 Å². The lowest BCUT2D eigenvalue weighted by molar-refractivity contribution is -0.127. The van der Waals surface area contributed by atoms with Crippen LogP contribution in [0.25, 0.3) is 6.08 Å². The monoisotopic (exact) mass is 344 g/mol. The summed E-state index contributed by atoms with van der Waals surface area (Å²) in [4.78, 5) is 17.2. The van der Waals surface area contributed by atoms with Crippen molar-refractivity contribution in [2.45, 2.75) is 31.7 Å². The SMILES string of the molecule is COc1ccc(/C=C/C(=O)N2CCCC2CN2CCCC2)c(OC)c1. The Kier molecular flexibility index (Phi) is 5.97. The number of rotatable bonds is 6. The molecule has 2 aliphatic rings. The molecule has 1 atom stereocenters. The molecular formula is C20H28N2O3. The molecule has 1 aromatic carbocycles. The third-order valence-electron chi connectivity index (χ3n) is 5.17. The highest BCUT2D eigenvalue weighted by Crippen LogP contribution is 2.26. The van der Waals surface area contributed by atoms with Crippen molar-refractivity contribution in [1.29, 1.82) is 0 Å². The van der Waals surface area contributed by atoms with Gasteiger partial charge in [-0.15, -0.1) is 0 Å². The number of benzene rings is 1. The van der Waals surface area contributed by atoms with Crippen LogP contribution in [0.1, 0.15) is 31.2 Å². The standard InChI is InChI=1S/C20H28N2O3/c1-24-18-9-7-16(19(14-18)25-2)8-10-20(23)22-13-5-6-17(22)15-21-11-3-4-12-21/h7-10,14,17H,3-6,11-13,15H2,1-2H3/b10-8+. The smallest absolute Gasteiger partial charge is 0.246 e. The maximum absolute atomic E-state index is 12.7. The van der Waals surface area contributed by atoms with E-state index < -0.39 is 0 Å².